The molecule has 0 saturated carbocycles. The van der Waals surface area contributed by atoms with Crippen molar-refractivity contribution in [3.8, 4) is 11.1 Å². The van der Waals surface area contributed by atoms with Crippen molar-refractivity contribution in [1.29, 1.82) is 0 Å². The molecule has 0 atom stereocenters. The fourth-order valence-electron chi connectivity index (χ4n) is 2.89. The van der Waals surface area contributed by atoms with E-state index < -0.39 is 7.12 Å². The summed E-state index contributed by atoms with van der Waals surface area (Å²) in [5.74, 6) is 0. The van der Waals surface area contributed by atoms with Crippen LogP contribution in [0, 0.1) is 0 Å². The third-order valence-electron chi connectivity index (χ3n) is 4.47. The summed E-state index contributed by atoms with van der Waals surface area (Å²) in [6.45, 7) is 6.40. The molecule has 0 spiro atoms. The molecule has 0 aliphatic heterocycles. The van der Waals surface area contributed by atoms with E-state index in [4.69, 9.17) is 0 Å². The molecule has 3 rings (SSSR count). The first-order chi connectivity index (χ1) is 12.3. The van der Waals surface area contributed by atoms with Gasteiger partial charge in [0, 0.05) is 16.8 Å². The standard InChI is InChI=1S/C22H24BNO2/c1-22(2,3)18-11-14-20(23(25)26)21(15-18)24-19-12-9-17(10-13-19)16-7-5-4-6-8-16/h4-15,24-26H,1-3H3. The van der Waals surface area contributed by atoms with E-state index in [9.17, 15) is 10.0 Å². The highest BCUT2D eigenvalue weighted by molar-refractivity contribution is 6.60. The number of rotatable bonds is 4. The van der Waals surface area contributed by atoms with E-state index in [-0.39, 0.29) is 5.41 Å². The maximum atomic E-state index is 9.68. The lowest BCUT2D eigenvalue weighted by atomic mass is 9.76. The molecule has 0 aromatic heterocycles. The van der Waals surface area contributed by atoms with Gasteiger partial charge in [-0.15, -0.1) is 0 Å². The first kappa shape index (κ1) is 18.2. The molecule has 0 unspecified atom stereocenters. The van der Waals surface area contributed by atoms with E-state index in [1.54, 1.807) is 6.07 Å². The van der Waals surface area contributed by atoms with E-state index in [2.05, 4.69) is 50.4 Å². The molecule has 132 valence electrons. The largest absolute Gasteiger partial charge is 0.490 e. The van der Waals surface area contributed by atoms with E-state index in [1.165, 1.54) is 5.56 Å². The Balaban J connectivity index is 1.90. The van der Waals surface area contributed by atoms with Crippen LogP contribution >= 0.6 is 0 Å². The van der Waals surface area contributed by atoms with Gasteiger partial charge in [0.1, 0.15) is 0 Å². The summed E-state index contributed by atoms with van der Waals surface area (Å²) in [4.78, 5) is 0. The van der Waals surface area contributed by atoms with Crippen LogP contribution in [0.4, 0.5) is 11.4 Å². The maximum absolute atomic E-state index is 9.68. The third-order valence-corrected chi connectivity index (χ3v) is 4.47. The van der Waals surface area contributed by atoms with Gasteiger partial charge in [-0.2, -0.15) is 0 Å². The summed E-state index contributed by atoms with van der Waals surface area (Å²) < 4.78 is 0. The second-order valence-electron chi connectivity index (χ2n) is 7.49. The SMILES string of the molecule is CC(C)(C)c1ccc(B(O)O)c(Nc2ccc(-c3ccccc3)cc2)c1. The fraction of sp³-hybridized carbons (Fsp3) is 0.182. The lowest BCUT2D eigenvalue weighted by Gasteiger charge is -2.22. The molecule has 0 heterocycles. The smallest absolute Gasteiger partial charge is 0.423 e. The highest BCUT2D eigenvalue weighted by Gasteiger charge is 2.20. The van der Waals surface area contributed by atoms with Crippen LogP contribution in [-0.2, 0) is 5.41 Å². The van der Waals surface area contributed by atoms with Gasteiger partial charge in [0.15, 0.2) is 0 Å². The van der Waals surface area contributed by atoms with Crippen molar-refractivity contribution in [2.45, 2.75) is 26.2 Å². The lowest BCUT2D eigenvalue weighted by Crippen LogP contribution is -2.32. The van der Waals surface area contributed by atoms with Gasteiger partial charge in [-0.3, -0.25) is 0 Å². The average Bonchev–Trinajstić information content (AvgIpc) is 2.62. The molecule has 3 N–H and O–H groups in total. The molecule has 0 aliphatic carbocycles. The molecule has 0 fully saturated rings. The van der Waals surface area contributed by atoms with Crippen molar-refractivity contribution in [3.05, 3.63) is 78.4 Å². The van der Waals surface area contributed by atoms with E-state index in [0.717, 1.165) is 16.8 Å². The van der Waals surface area contributed by atoms with Crippen LogP contribution in [0.1, 0.15) is 26.3 Å². The van der Waals surface area contributed by atoms with Crippen molar-refractivity contribution >= 4 is 24.0 Å². The van der Waals surface area contributed by atoms with Crippen LogP contribution in [0.3, 0.4) is 0 Å². The Bertz CT molecular complexity index is 869. The Morgan fingerprint density at radius 3 is 1.96 bits per heavy atom. The monoisotopic (exact) mass is 345 g/mol. The second kappa shape index (κ2) is 7.36. The Labute approximate surface area is 155 Å². The molecular weight excluding hydrogens is 321 g/mol. The van der Waals surface area contributed by atoms with Crippen LogP contribution in [-0.4, -0.2) is 17.2 Å². The minimum Gasteiger partial charge on any atom is -0.423 e. The fourth-order valence-corrected chi connectivity index (χ4v) is 2.89. The quantitative estimate of drug-likeness (QED) is 0.625. The molecule has 4 heteroatoms. The topological polar surface area (TPSA) is 52.5 Å². The van der Waals surface area contributed by atoms with Gasteiger partial charge in [-0.25, -0.2) is 0 Å². The van der Waals surface area contributed by atoms with Crippen molar-refractivity contribution < 1.29 is 10.0 Å². The number of hydrogen-bond donors (Lipinski definition) is 3. The van der Waals surface area contributed by atoms with Gasteiger partial charge >= 0.3 is 7.12 Å². The van der Waals surface area contributed by atoms with Gasteiger partial charge in [-0.05, 0) is 40.3 Å². The van der Waals surface area contributed by atoms with Gasteiger partial charge in [0.05, 0.1) is 0 Å². The van der Waals surface area contributed by atoms with E-state index in [1.807, 2.05) is 42.5 Å². The minimum atomic E-state index is -1.52. The van der Waals surface area contributed by atoms with Crippen molar-refractivity contribution in [3.63, 3.8) is 0 Å². The molecule has 26 heavy (non-hydrogen) atoms. The second-order valence-corrected chi connectivity index (χ2v) is 7.49. The summed E-state index contributed by atoms with van der Waals surface area (Å²) >= 11 is 0. The Kier molecular flexibility index (Phi) is 5.17. The van der Waals surface area contributed by atoms with Gasteiger partial charge in [0.2, 0.25) is 0 Å². The van der Waals surface area contributed by atoms with E-state index >= 15 is 0 Å². The van der Waals surface area contributed by atoms with Gasteiger partial charge in [0.25, 0.3) is 0 Å². The number of anilines is 2. The summed E-state index contributed by atoms with van der Waals surface area (Å²) in [6.07, 6.45) is 0. The first-order valence-corrected chi connectivity index (χ1v) is 8.78. The van der Waals surface area contributed by atoms with E-state index in [0.29, 0.717) is 11.2 Å². The number of nitrogens with one attached hydrogen (secondary N) is 1. The molecular formula is C22H24BNO2. The lowest BCUT2D eigenvalue weighted by molar-refractivity contribution is 0.426. The zero-order valence-electron chi connectivity index (χ0n) is 15.4. The Morgan fingerprint density at radius 1 is 0.769 bits per heavy atom. The normalized spacial score (nSPS) is 11.3. The van der Waals surface area contributed by atoms with Gasteiger partial charge in [-0.1, -0.05) is 75.4 Å². The summed E-state index contributed by atoms with van der Waals surface area (Å²) in [5.41, 5.74) is 5.49. The summed E-state index contributed by atoms with van der Waals surface area (Å²) in [7, 11) is -1.52. The molecule has 0 aliphatic rings. The zero-order valence-corrected chi connectivity index (χ0v) is 15.4. The molecule has 0 radical (unpaired) electrons. The molecule has 0 saturated heterocycles. The Hall–Kier alpha value is -2.56. The van der Waals surface area contributed by atoms with Crippen LogP contribution in [0.2, 0.25) is 0 Å². The average molecular weight is 345 g/mol. The summed E-state index contributed by atoms with van der Waals surface area (Å²) in [6, 6.07) is 24.0. The van der Waals surface area contributed by atoms with Gasteiger partial charge < -0.3 is 15.4 Å². The molecule has 3 nitrogen and oxygen atoms in total. The predicted molar refractivity (Wildman–Crippen MR) is 110 cm³/mol. The zero-order chi connectivity index (χ0) is 18.7. The predicted octanol–water partition coefficient (Wildman–Crippen LogP) is 4.07. The third kappa shape index (κ3) is 4.16. The summed E-state index contributed by atoms with van der Waals surface area (Å²) in [5, 5.41) is 22.7. The van der Waals surface area contributed by atoms with Crippen molar-refractivity contribution in [2.75, 3.05) is 5.32 Å². The number of hydrogen-bond acceptors (Lipinski definition) is 3. The number of benzene rings is 3. The van der Waals surface area contributed by atoms with Crippen LogP contribution in [0.5, 0.6) is 0 Å². The molecule has 0 amide bonds. The van der Waals surface area contributed by atoms with Crippen molar-refractivity contribution in [2.24, 2.45) is 0 Å². The van der Waals surface area contributed by atoms with Crippen LogP contribution in [0.15, 0.2) is 72.8 Å². The maximum Gasteiger partial charge on any atom is 0.490 e. The van der Waals surface area contributed by atoms with Crippen LogP contribution in [0.25, 0.3) is 11.1 Å². The first-order valence-electron chi connectivity index (χ1n) is 8.78. The van der Waals surface area contributed by atoms with Crippen molar-refractivity contribution in [1.82, 2.24) is 0 Å². The molecule has 3 aromatic rings. The highest BCUT2D eigenvalue weighted by Crippen LogP contribution is 2.27. The molecule has 3 aromatic carbocycles. The molecule has 0 bridgehead atoms. The highest BCUT2D eigenvalue weighted by atomic mass is 16.4. The Morgan fingerprint density at radius 2 is 1.38 bits per heavy atom. The minimum absolute atomic E-state index is 0.0213. The van der Waals surface area contributed by atoms with Crippen LogP contribution < -0.4 is 10.8 Å².